The number of benzene rings is 4. The molecule has 4 aromatic rings. The SMILES string of the molecule is O=C(Nc1ccc(N2CCC2(COCc2ccccc2)Cc2ccccc2)cc1)OCc1ccccc1. The number of rotatable bonds is 10. The van der Waals surface area contributed by atoms with E-state index in [1.54, 1.807) is 0 Å². The smallest absolute Gasteiger partial charge is 0.411 e. The minimum atomic E-state index is -0.465. The highest BCUT2D eigenvalue weighted by Crippen LogP contribution is 2.39. The highest BCUT2D eigenvalue weighted by atomic mass is 16.5. The van der Waals surface area contributed by atoms with E-state index in [0.717, 1.165) is 30.6 Å². The van der Waals surface area contributed by atoms with Crippen LogP contribution in [0, 0.1) is 0 Å². The molecule has 1 N–H and O–H groups in total. The lowest BCUT2D eigenvalue weighted by molar-refractivity contribution is 0.0462. The molecule has 5 nitrogen and oxygen atoms in total. The second-order valence-electron chi connectivity index (χ2n) is 9.50. The van der Waals surface area contributed by atoms with Crippen molar-refractivity contribution in [3.05, 3.63) is 132 Å². The molecule has 1 aliphatic heterocycles. The average Bonchev–Trinajstić information content (AvgIpc) is 2.93. The molecule has 0 bridgehead atoms. The van der Waals surface area contributed by atoms with Gasteiger partial charge in [0.2, 0.25) is 0 Å². The number of hydrogen-bond acceptors (Lipinski definition) is 4. The van der Waals surface area contributed by atoms with Gasteiger partial charge in [0.15, 0.2) is 0 Å². The predicted octanol–water partition coefficient (Wildman–Crippen LogP) is 6.84. The molecule has 4 aromatic carbocycles. The van der Waals surface area contributed by atoms with Gasteiger partial charge >= 0.3 is 6.09 Å². The number of anilines is 2. The van der Waals surface area contributed by atoms with Crippen LogP contribution in [0.3, 0.4) is 0 Å². The minimum Gasteiger partial charge on any atom is -0.444 e. The van der Waals surface area contributed by atoms with Gasteiger partial charge in [-0.3, -0.25) is 5.32 Å². The zero-order chi connectivity index (χ0) is 25.3. The standard InChI is InChI=1S/C32H32N2O3/c35-31(37-24-28-14-8-3-9-15-28)33-29-16-18-30(19-17-29)34-21-20-32(34,22-26-10-4-1-5-11-26)25-36-23-27-12-6-2-7-13-27/h1-19H,20-25H2,(H,33,35). The molecule has 0 radical (unpaired) electrons. The maximum atomic E-state index is 12.3. The molecule has 1 atom stereocenters. The zero-order valence-electron chi connectivity index (χ0n) is 20.9. The van der Waals surface area contributed by atoms with Crippen LogP contribution in [-0.4, -0.2) is 24.8 Å². The van der Waals surface area contributed by atoms with Crippen molar-refractivity contribution in [2.45, 2.75) is 31.6 Å². The van der Waals surface area contributed by atoms with Crippen LogP contribution in [0.25, 0.3) is 0 Å². The maximum Gasteiger partial charge on any atom is 0.411 e. The van der Waals surface area contributed by atoms with Gasteiger partial charge in [0.1, 0.15) is 6.61 Å². The molecule has 188 valence electrons. The zero-order valence-corrected chi connectivity index (χ0v) is 20.9. The van der Waals surface area contributed by atoms with E-state index < -0.39 is 6.09 Å². The van der Waals surface area contributed by atoms with Crippen LogP contribution >= 0.6 is 0 Å². The summed E-state index contributed by atoms with van der Waals surface area (Å²) in [7, 11) is 0. The highest BCUT2D eigenvalue weighted by molar-refractivity contribution is 5.85. The molecule has 0 spiro atoms. The fraction of sp³-hybridized carbons (Fsp3) is 0.219. The molecule has 37 heavy (non-hydrogen) atoms. The van der Waals surface area contributed by atoms with E-state index in [1.165, 1.54) is 11.1 Å². The minimum absolute atomic E-state index is 0.111. The lowest BCUT2D eigenvalue weighted by Crippen LogP contribution is -2.64. The average molecular weight is 493 g/mol. The lowest BCUT2D eigenvalue weighted by atomic mass is 9.79. The highest BCUT2D eigenvalue weighted by Gasteiger charge is 2.45. The van der Waals surface area contributed by atoms with E-state index in [1.807, 2.05) is 60.7 Å². The predicted molar refractivity (Wildman–Crippen MR) is 148 cm³/mol. The monoisotopic (exact) mass is 492 g/mol. The molecule has 5 rings (SSSR count). The number of amides is 1. The van der Waals surface area contributed by atoms with E-state index in [-0.39, 0.29) is 12.1 Å². The molecule has 1 fully saturated rings. The second kappa shape index (κ2) is 11.8. The van der Waals surface area contributed by atoms with Gasteiger partial charge in [0.05, 0.1) is 18.8 Å². The number of ether oxygens (including phenoxy) is 2. The third-order valence-corrected chi connectivity index (χ3v) is 6.87. The molecule has 0 aromatic heterocycles. The molecule has 0 saturated carbocycles. The molecular formula is C32H32N2O3. The molecule has 1 saturated heterocycles. The van der Waals surface area contributed by atoms with E-state index in [9.17, 15) is 4.79 Å². The summed E-state index contributed by atoms with van der Waals surface area (Å²) in [6.07, 6.45) is 1.50. The fourth-order valence-electron chi connectivity index (χ4n) is 4.84. The van der Waals surface area contributed by atoms with Gasteiger partial charge in [-0.25, -0.2) is 4.79 Å². The number of carbonyl (C=O) groups excluding carboxylic acids is 1. The van der Waals surface area contributed by atoms with E-state index in [2.05, 4.69) is 64.8 Å². The van der Waals surface area contributed by atoms with Crippen molar-refractivity contribution in [3.8, 4) is 0 Å². The van der Waals surface area contributed by atoms with Gasteiger partial charge in [-0.05, 0) is 53.8 Å². The number of nitrogens with one attached hydrogen (secondary N) is 1. The third kappa shape index (κ3) is 6.38. The fourth-order valence-corrected chi connectivity index (χ4v) is 4.84. The van der Waals surface area contributed by atoms with Crippen LogP contribution < -0.4 is 10.2 Å². The van der Waals surface area contributed by atoms with Crippen LogP contribution in [0.5, 0.6) is 0 Å². The van der Waals surface area contributed by atoms with Gasteiger partial charge in [-0.1, -0.05) is 91.0 Å². The summed E-state index contributed by atoms with van der Waals surface area (Å²) < 4.78 is 11.6. The molecule has 1 amide bonds. The normalized spacial score (nSPS) is 16.6. The topological polar surface area (TPSA) is 50.8 Å². The summed E-state index contributed by atoms with van der Waals surface area (Å²) in [4.78, 5) is 14.7. The first-order chi connectivity index (χ1) is 18.2. The third-order valence-electron chi connectivity index (χ3n) is 6.87. The Balaban J connectivity index is 1.23. The Hall–Kier alpha value is -4.09. The number of carbonyl (C=O) groups is 1. The van der Waals surface area contributed by atoms with E-state index >= 15 is 0 Å². The summed E-state index contributed by atoms with van der Waals surface area (Å²) >= 11 is 0. The maximum absolute atomic E-state index is 12.3. The molecule has 1 unspecified atom stereocenters. The molecular weight excluding hydrogens is 460 g/mol. The van der Waals surface area contributed by atoms with Gasteiger partial charge < -0.3 is 14.4 Å². The first-order valence-corrected chi connectivity index (χ1v) is 12.7. The Labute approximate surface area is 218 Å². The van der Waals surface area contributed by atoms with Crippen molar-refractivity contribution in [1.29, 1.82) is 0 Å². The largest absolute Gasteiger partial charge is 0.444 e. The van der Waals surface area contributed by atoms with Crippen molar-refractivity contribution in [1.82, 2.24) is 0 Å². The second-order valence-corrected chi connectivity index (χ2v) is 9.50. The van der Waals surface area contributed by atoms with E-state index in [0.29, 0.717) is 18.9 Å². The van der Waals surface area contributed by atoms with Crippen LogP contribution in [0.15, 0.2) is 115 Å². The summed E-state index contributed by atoms with van der Waals surface area (Å²) in [5.74, 6) is 0. The van der Waals surface area contributed by atoms with Crippen molar-refractivity contribution in [3.63, 3.8) is 0 Å². The van der Waals surface area contributed by atoms with Crippen molar-refractivity contribution < 1.29 is 14.3 Å². The molecule has 1 aliphatic rings. The van der Waals surface area contributed by atoms with Gasteiger partial charge in [-0.15, -0.1) is 0 Å². The van der Waals surface area contributed by atoms with Crippen molar-refractivity contribution >= 4 is 17.5 Å². The van der Waals surface area contributed by atoms with Crippen LogP contribution in [0.2, 0.25) is 0 Å². The van der Waals surface area contributed by atoms with Gasteiger partial charge in [0, 0.05) is 17.9 Å². The summed E-state index contributed by atoms with van der Waals surface area (Å²) in [5, 5.41) is 2.82. The van der Waals surface area contributed by atoms with Crippen LogP contribution in [-0.2, 0) is 29.1 Å². The summed E-state index contributed by atoms with van der Waals surface area (Å²) in [5.41, 5.74) is 5.15. The Morgan fingerprint density at radius 1 is 0.730 bits per heavy atom. The first-order valence-electron chi connectivity index (χ1n) is 12.7. The number of nitrogens with zero attached hydrogens (tertiary/aromatic N) is 1. The quantitative estimate of drug-likeness (QED) is 0.263. The Morgan fingerprint density at radius 2 is 1.30 bits per heavy atom. The van der Waals surface area contributed by atoms with Crippen molar-refractivity contribution in [2.24, 2.45) is 0 Å². The van der Waals surface area contributed by atoms with Gasteiger partial charge in [-0.2, -0.15) is 0 Å². The van der Waals surface area contributed by atoms with Gasteiger partial charge in [0.25, 0.3) is 0 Å². The van der Waals surface area contributed by atoms with Crippen molar-refractivity contribution in [2.75, 3.05) is 23.4 Å². The summed E-state index contributed by atoms with van der Waals surface area (Å²) in [6, 6.07) is 38.5. The molecule has 5 heteroatoms. The molecule has 0 aliphatic carbocycles. The Morgan fingerprint density at radius 3 is 1.86 bits per heavy atom. The lowest BCUT2D eigenvalue weighted by Gasteiger charge is -2.54. The first kappa shape index (κ1) is 24.6. The summed E-state index contributed by atoms with van der Waals surface area (Å²) in [6.45, 7) is 2.44. The van der Waals surface area contributed by atoms with E-state index in [4.69, 9.17) is 9.47 Å². The Bertz CT molecular complexity index is 1260. The van der Waals surface area contributed by atoms with Crippen LogP contribution in [0.1, 0.15) is 23.1 Å². The Kier molecular flexibility index (Phi) is 7.82. The molecule has 1 heterocycles. The van der Waals surface area contributed by atoms with Crippen LogP contribution in [0.4, 0.5) is 16.2 Å². The number of hydrogen-bond donors (Lipinski definition) is 1.